The summed E-state index contributed by atoms with van der Waals surface area (Å²) in [5.74, 6) is 1.54. The first-order valence-electron chi connectivity index (χ1n) is 6.36. The molecule has 2 bridgehead atoms. The molecule has 0 aromatic heterocycles. The SMILES string of the molecule is O=C(C1CCCNC1)N1CC2CCC1C2. The van der Waals surface area contributed by atoms with Crippen LogP contribution in [0, 0.1) is 11.8 Å². The number of nitrogens with zero attached hydrogens (tertiary/aromatic N) is 1. The van der Waals surface area contributed by atoms with Gasteiger partial charge in [-0.2, -0.15) is 0 Å². The Bertz CT molecular complexity index is 260. The van der Waals surface area contributed by atoms with E-state index in [9.17, 15) is 4.79 Å². The average Bonchev–Trinajstić information content (AvgIpc) is 2.91. The minimum atomic E-state index is 0.276. The highest BCUT2D eigenvalue weighted by molar-refractivity contribution is 5.80. The third kappa shape index (κ3) is 1.67. The summed E-state index contributed by atoms with van der Waals surface area (Å²) in [6, 6.07) is 0.601. The van der Waals surface area contributed by atoms with Gasteiger partial charge in [-0.1, -0.05) is 0 Å². The molecule has 0 aromatic rings. The van der Waals surface area contributed by atoms with E-state index >= 15 is 0 Å². The molecule has 3 atom stereocenters. The van der Waals surface area contributed by atoms with Crippen molar-refractivity contribution in [1.29, 1.82) is 0 Å². The number of nitrogens with one attached hydrogen (secondary N) is 1. The quantitative estimate of drug-likeness (QED) is 0.697. The first-order valence-corrected chi connectivity index (χ1v) is 6.36. The highest BCUT2D eigenvalue weighted by Gasteiger charge is 2.41. The first-order chi connectivity index (χ1) is 7.34. The Morgan fingerprint density at radius 3 is 2.80 bits per heavy atom. The summed E-state index contributed by atoms with van der Waals surface area (Å²) in [7, 11) is 0. The fourth-order valence-electron chi connectivity index (χ4n) is 3.49. The molecule has 84 valence electrons. The standard InChI is InChI=1S/C12H20N2O/c15-12(10-2-1-5-13-7-10)14-8-9-3-4-11(14)6-9/h9-11,13H,1-8H2. The lowest BCUT2D eigenvalue weighted by molar-refractivity contribution is -0.137. The molecule has 1 saturated carbocycles. The van der Waals surface area contributed by atoms with Gasteiger partial charge < -0.3 is 10.2 Å². The Morgan fingerprint density at radius 1 is 1.27 bits per heavy atom. The van der Waals surface area contributed by atoms with E-state index in [4.69, 9.17) is 0 Å². The smallest absolute Gasteiger partial charge is 0.227 e. The highest BCUT2D eigenvalue weighted by atomic mass is 16.2. The molecule has 3 unspecified atom stereocenters. The number of carbonyl (C=O) groups excluding carboxylic acids is 1. The van der Waals surface area contributed by atoms with Crippen molar-refractivity contribution in [3.63, 3.8) is 0 Å². The predicted molar refractivity (Wildman–Crippen MR) is 58.4 cm³/mol. The van der Waals surface area contributed by atoms with Crippen LogP contribution in [-0.4, -0.2) is 36.5 Å². The fourth-order valence-corrected chi connectivity index (χ4v) is 3.49. The molecule has 3 heteroatoms. The van der Waals surface area contributed by atoms with E-state index < -0.39 is 0 Å². The minimum Gasteiger partial charge on any atom is -0.339 e. The number of carbonyl (C=O) groups is 1. The molecule has 3 fully saturated rings. The Balaban J connectivity index is 1.64. The van der Waals surface area contributed by atoms with E-state index in [1.54, 1.807) is 0 Å². The number of amides is 1. The number of hydrogen-bond acceptors (Lipinski definition) is 2. The van der Waals surface area contributed by atoms with Crippen LogP contribution in [0.4, 0.5) is 0 Å². The van der Waals surface area contributed by atoms with Gasteiger partial charge in [0.15, 0.2) is 0 Å². The third-order valence-corrected chi connectivity index (χ3v) is 4.34. The summed E-state index contributed by atoms with van der Waals surface area (Å²) in [5.41, 5.74) is 0. The molecule has 15 heavy (non-hydrogen) atoms. The maximum Gasteiger partial charge on any atom is 0.227 e. The molecular weight excluding hydrogens is 188 g/mol. The Kier molecular flexibility index (Phi) is 2.43. The molecule has 1 N–H and O–H groups in total. The van der Waals surface area contributed by atoms with Crippen LogP contribution in [0.15, 0.2) is 0 Å². The molecular formula is C12H20N2O. The number of hydrogen-bond donors (Lipinski definition) is 1. The van der Waals surface area contributed by atoms with Crippen molar-refractivity contribution in [3.05, 3.63) is 0 Å². The van der Waals surface area contributed by atoms with E-state index in [0.717, 1.165) is 32.0 Å². The Labute approximate surface area is 91.2 Å². The molecule has 1 aliphatic carbocycles. The summed E-state index contributed by atoms with van der Waals surface area (Å²) < 4.78 is 0. The van der Waals surface area contributed by atoms with E-state index in [-0.39, 0.29) is 5.92 Å². The van der Waals surface area contributed by atoms with Crippen LogP contribution in [-0.2, 0) is 4.79 Å². The second-order valence-electron chi connectivity index (χ2n) is 5.37. The van der Waals surface area contributed by atoms with Gasteiger partial charge in [0.1, 0.15) is 0 Å². The van der Waals surface area contributed by atoms with Gasteiger partial charge in [0.25, 0.3) is 0 Å². The van der Waals surface area contributed by atoms with Gasteiger partial charge in [-0.25, -0.2) is 0 Å². The maximum absolute atomic E-state index is 12.3. The van der Waals surface area contributed by atoms with E-state index in [1.165, 1.54) is 25.7 Å². The second-order valence-corrected chi connectivity index (χ2v) is 5.37. The van der Waals surface area contributed by atoms with E-state index in [1.807, 2.05) is 0 Å². The van der Waals surface area contributed by atoms with Crippen molar-refractivity contribution in [1.82, 2.24) is 10.2 Å². The van der Waals surface area contributed by atoms with Gasteiger partial charge in [0.2, 0.25) is 5.91 Å². The van der Waals surface area contributed by atoms with Gasteiger partial charge in [0.05, 0.1) is 5.92 Å². The number of fused-ring (bicyclic) bond motifs is 2. The Morgan fingerprint density at radius 2 is 2.20 bits per heavy atom. The molecule has 0 radical (unpaired) electrons. The van der Waals surface area contributed by atoms with Crippen LogP contribution in [0.2, 0.25) is 0 Å². The van der Waals surface area contributed by atoms with Crippen molar-refractivity contribution < 1.29 is 4.79 Å². The molecule has 0 aromatic carbocycles. The number of rotatable bonds is 1. The zero-order chi connectivity index (χ0) is 10.3. The molecule has 0 spiro atoms. The molecule has 3 nitrogen and oxygen atoms in total. The number of likely N-dealkylation sites (tertiary alicyclic amines) is 1. The molecule has 2 aliphatic heterocycles. The van der Waals surface area contributed by atoms with Crippen molar-refractivity contribution in [2.24, 2.45) is 11.8 Å². The van der Waals surface area contributed by atoms with E-state index in [0.29, 0.717) is 11.9 Å². The molecule has 2 heterocycles. The van der Waals surface area contributed by atoms with E-state index in [2.05, 4.69) is 10.2 Å². The van der Waals surface area contributed by atoms with Crippen LogP contribution < -0.4 is 5.32 Å². The van der Waals surface area contributed by atoms with Crippen LogP contribution >= 0.6 is 0 Å². The first kappa shape index (κ1) is 9.64. The fraction of sp³-hybridized carbons (Fsp3) is 0.917. The maximum atomic E-state index is 12.3. The van der Waals surface area contributed by atoms with Crippen LogP contribution in [0.5, 0.6) is 0 Å². The van der Waals surface area contributed by atoms with Crippen molar-refractivity contribution in [3.8, 4) is 0 Å². The second kappa shape index (κ2) is 3.78. The number of piperidine rings is 2. The third-order valence-electron chi connectivity index (χ3n) is 4.34. The zero-order valence-electron chi connectivity index (χ0n) is 9.24. The van der Waals surface area contributed by atoms with Crippen LogP contribution in [0.1, 0.15) is 32.1 Å². The normalized spacial score (nSPS) is 39.7. The largest absolute Gasteiger partial charge is 0.339 e. The van der Waals surface area contributed by atoms with Gasteiger partial charge >= 0.3 is 0 Å². The van der Waals surface area contributed by atoms with Gasteiger partial charge in [-0.05, 0) is 44.6 Å². The topological polar surface area (TPSA) is 32.3 Å². The zero-order valence-corrected chi connectivity index (χ0v) is 9.24. The molecule has 3 aliphatic rings. The molecule has 1 amide bonds. The lowest BCUT2D eigenvalue weighted by atomic mass is 9.97. The minimum absolute atomic E-state index is 0.276. The average molecular weight is 208 g/mol. The summed E-state index contributed by atoms with van der Waals surface area (Å²) in [5, 5.41) is 3.34. The molecule has 3 rings (SSSR count). The summed E-state index contributed by atoms with van der Waals surface area (Å²) in [4.78, 5) is 14.5. The van der Waals surface area contributed by atoms with Crippen LogP contribution in [0.3, 0.4) is 0 Å². The predicted octanol–water partition coefficient (Wildman–Crippen LogP) is 0.997. The van der Waals surface area contributed by atoms with Crippen molar-refractivity contribution in [2.45, 2.75) is 38.1 Å². The Hall–Kier alpha value is -0.570. The highest BCUT2D eigenvalue weighted by Crippen LogP contribution is 2.38. The summed E-state index contributed by atoms with van der Waals surface area (Å²) in [6.07, 6.45) is 6.16. The lowest BCUT2D eigenvalue weighted by Crippen LogP contribution is -2.46. The molecule has 2 saturated heterocycles. The van der Waals surface area contributed by atoms with Gasteiger partial charge in [0, 0.05) is 19.1 Å². The van der Waals surface area contributed by atoms with Crippen molar-refractivity contribution in [2.75, 3.05) is 19.6 Å². The van der Waals surface area contributed by atoms with Gasteiger partial charge in [-0.15, -0.1) is 0 Å². The summed E-state index contributed by atoms with van der Waals surface area (Å²) in [6.45, 7) is 3.06. The monoisotopic (exact) mass is 208 g/mol. The van der Waals surface area contributed by atoms with Gasteiger partial charge in [-0.3, -0.25) is 4.79 Å². The van der Waals surface area contributed by atoms with Crippen molar-refractivity contribution >= 4 is 5.91 Å². The summed E-state index contributed by atoms with van der Waals surface area (Å²) >= 11 is 0. The lowest BCUT2D eigenvalue weighted by Gasteiger charge is -2.32. The van der Waals surface area contributed by atoms with Crippen LogP contribution in [0.25, 0.3) is 0 Å².